The highest BCUT2D eigenvalue weighted by Crippen LogP contribution is 2.42. The molecule has 0 radical (unpaired) electrons. The van der Waals surface area contributed by atoms with Crippen molar-refractivity contribution in [1.82, 2.24) is 4.90 Å². The van der Waals surface area contributed by atoms with Crippen molar-refractivity contribution in [3.05, 3.63) is 28.8 Å². The number of halogens is 1. The molecule has 1 aliphatic rings. The maximum Gasteiger partial charge on any atom is 0.233 e. The molecule has 1 fully saturated rings. The van der Waals surface area contributed by atoms with Crippen LogP contribution in [-0.2, 0) is 4.79 Å². The van der Waals surface area contributed by atoms with Gasteiger partial charge in [-0.1, -0.05) is 17.7 Å². The number of aliphatic hydroxyl groups excluding tert-OH is 2. The molecule has 116 valence electrons. The van der Waals surface area contributed by atoms with Crippen LogP contribution in [0.5, 0.6) is 0 Å². The van der Waals surface area contributed by atoms with Crippen LogP contribution in [0.4, 0.5) is 5.69 Å². The number of rotatable bonds is 5. The van der Waals surface area contributed by atoms with Crippen LogP contribution in [0, 0.1) is 0 Å². The molecule has 1 amide bonds. The highest BCUT2D eigenvalue weighted by molar-refractivity contribution is 8.00. The molecule has 2 N–H and O–H groups in total. The summed E-state index contributed by atoms with van der Waals surface area (Å²) >= 11 is 7.83. The topological polar surface area (TPSA) is 64.0 Å². The minimum atomic E-state index is -0.935. The maximum atomic E-state index is 12.0. The monoisotopic (exact) mass is 330 g/mol. The van der Waals surface area contributed by atoms with E-state index < -0.39 is 6.10 Å². The van der Waals surface area contributed by atoms with E-state index in [4.69, 9.17) is 16.7 Å². The Kier molecular flexibility index (Phi) is 5.37. The molecule has 5 nitrogen and oxygen atoms in total. The zero-order chi connectivity index (χ0) is 15.6. The molecule has 1 aromatic carbocycles. The number of β-amino-alcohol motifs (C(OH)–C–C–N with tert-alkyl or cyclic N) is 1. The molecule has 1 aliphatic heterocycles. The average Bonchev–Trinajstić information content (AvgIpc) is 2.80. The summed E-state index contributed by atoms with van der Waals surface area (Å²) in [5.74, 6) is 0.305. The maximum absolute atomic E-state index is 12.0. The Hall–Kier alpha value is -0.950. The van der Waals surface area contributed by atoms with Gasteiger partial charge >= 0.3 is 0 Å². The number of hydrogen-bond donors (Lipinski definition) is 2. The van der Waals surface area contributed by atoms with Crippen molar-refractivity contribution >= 4 is 35.0 Å². The van der Waals surface area contributed by atoms with Gasteiger partial charge in [-0.3, -0.25) is 4.79 Å². The summed E-state index contributed by atoms with van der Waals surface area (Å²) in [6.07, 6.45) is -0.935. The third-order valence-electron chi connectivity index (χ3n) is 3.35. The standard InChI is InChI=1S/C14H19ClN2O3S/c1-16(2)9-3-4-11(12(15)5-9)14-17(6-10(19)7-18)13(20)8-21-14/h3-5,10,14,18-19H,6-8H2,1-2H3/t10-,14?/m0/s1. The summed E-state index contributed by atoms with van der Waals surface area (Å²) in [6.45, 7) is -0.257. The number of amides is 1. The van der Waals surface area contributed by atoms with E-state index in [-0.39, 0.29) is 24.4 Å². The van der Waals surface area contributed by atoms with Gasteiger partial charge in [-0.15, -0.1) is 11.8 Å². The second-order valence-electron chi connectivity index (χ2n) is 5.15. The van der Waals surface area contributed by atoms with Crippen LogP contribution in [0.1, 0.15) is 10.9 Å². The normalized spacial score (nSPS) is 20.0. The van der Waals surface area contributed by atoms with Crippen LogP contribution in [-0.4, -0.2) is 60.1 Å². The first-order chi connectivity index (χ1) is 9.93. The summed E-state index contributed by atoms with van der Waals surface area (Å²) < 4.78 is 0. The summed E-state index contributed by atoms with van der Waals surface area (Å²) in [4.78, 5) is 15.5. The number of thioether (sulfide) groups is 1. The number of aliphatic hydroxyl groups is 2. The van der Waals surface area contributed by atoms with Crippen LogP contribution >= 0.6 is 23.4 Å². The zero-order valence-corrected chi connectivity index (χ0v) is 13.6. The van der Waals surface area contributed by atoms with Crippen molar-refractivity contribution < 1.29 is 15.0 Å². The molecule has 2 atom stereocenters. The van der Waals surface area contributed by atoms with Gasteiger partial charge in [0.25, 0.3) is 0 Å². The number of nitrogens with zero attached hydrogens (tertiary/aromatic N) is 2. The van der Waals surface area contributed by atoms with Crippen molar-refractivity contribution in [1.29, 1.82) is 0 Å². The van der Waals surface area contributed by atoms with E-state index in [0.29, 0.717) is 10.8 Å². The predicted octanol–water partition coefficient (Wildman–Crippen LogP) is 1.33. The van der Waals surface area contributed by atoms with Gasteiger partial charge in [0, 0.05) is 30.4 Å². The fourth-order valence-electron chi connectivity index (χ4n) is 2.19. The first-order valence-electron chi connectivity index (χ1n) is 6.60. The van der Waals surface area contributed by atoms with Crippen LogP contribution < -0.4 is 4.90 Å². The lowest BCUT2D eigenvalue weighted by atomic mass is 10.1. The Labute approximate surface area is 133 Å². The zero-order valence-electron chi connectivity index (χ0n) is 12.0. The summed E-state index contributed by atoms with van der Waals surface area (Å²) in [6, 6.07) is 5.72. The first kappa shape index (κ1) is 16.4. The van der Waals surface area contributed by atoms with Crippen LogP contribution in [0.25, 0.3) is 0 Å². The van der Waals surface area contributed by atoms with Gasteiger partial charge in [0.1, 0.15) is 5.37 Å². The minimum absolute atomic E-state index is 0.0507. The molecule has 2 rings (SSSR count). The van der Waals surface area contributed by atoms with Gasteiger partial charge < -0.3 is 20.0 Å². The smallest absolute Gasteiger partial charge is 0.233 e. The molecule has 0 aliphatic carbocycles. The molecule has 1 heterocycles. The highest BCUT2D eigenvalue weighted by Gasteiger charge is 2.35. The van der Waals surface area contributed by atoms with Gasteiger partial charge in [0.05, 0.1) is 25.0 Å². The Bertz CT molecular complexity index is 527. The van der Waals surface area contributed by atoms with E-state index in [1.807, 2.05) is 37.2 Å². The molecular formula is C14H19ClN2O3S. The van der Waals surface area contributed by atoms with Gasteiger partial charge in [-0.05, 0) is 12.1 Å². The van der Waals surface area contributed by atoms with Gasteiger partial charge in [-0.2, -0.15) is 0 Å². The lowest BCUT2D eigenvalue weighted by Crippen LogP contribution is -2.37. The third-order valence-corrected chi connectivity index (χ3v) is 4.92. The molecule has 7 heteroatoms. The Morgan fingerprint density at radius 2 is 2.24 bits per heavy atom. The lowest BCUT2D eigenvalue weighted by Gasteiger charge is -2.27. The molecule has 0 aromatic heterocycles. The molecule has 0 saturated carbocycles. The second-order valence-corrected chi connectivity index (χ2v) is 6.62. The number of carbonyl (C=O) groups excluding carboxylic acids is 1. The Balaban J connectivity index is 2.25. The van der Waals surface area contributed by atoms with Gasteiger partial charge in [0.15, 0.2) is 0 Å². The summed E-state index contributed by atoms with van der Waals surface area (Å²) in [5.41, 5.74) is 1.84. The van der Waals surface area contributed by atoms with E-state index >= 15 is 0 Å². The number of hydrogen-bond acceptors (Lipinski definition) is 5. The van der Waals surface area contributed by atoms with Crippen molar-refractivity contribution in [2.45, 2.75) is 11.5 Å². The van der Waals surface area contributed by atoms with Crippen molar-refractivity contribution in [3.63, 3.8) is 0 Å². The number of anilines is 1. The third kappa shape index (κ3) is 3.63. The molecule has 0 spiro atoms. The highest BCUT2D eigenvalue weighted by atomic mass is 35.5. The lowest BCUT2D eigenvalue weighted by molar-refractivity contribution is -0.129. The SMILES string of the molecule is CN(C)c1ccc(C2SCC(=O)N2C[C@H](O)CO)c(Cl)c1. The van der Waals surface area contributed by atoms with Crippen molar-refractivity contribution in [2.24, 2.45) is 0 Å². The molecule has 0 bridgehead atoms. The second kappa shape index (κ2) is 6.87. The van der Waals surface area contributed by atoms with Crippen LogP contribution in [0.15, 0.2) is 18.2 Å². The minimum Gasteiger partial charge on any atom is -0.394 e. The van der Waals surface area contributed by atoms with Gasteiger partial charge in [0.2, 0.25) is 5.91 Å². The fourth-order valence-corrected chi connectivity index (χ4v) is 3.77. The van der Waals surface area contributed by atoms with E-state index in [9.17, 15) is 9.90 Å². The van der Waals surface area contributed by atoms with E-state index in [1.54, 1.807) is 4.90 Å². The van der Waals surface area contributed by atoms with E-state index in [1.165, 1.54) is 11.8 Å². The van der Waals surface area contributed by atoms with E-state index in [2.05, 4.69) is 0 Å². The largest absolute Gasteiger partial charge is 0.394 e. The Morgan fingerprint density at radius 3 is 2.81 bits per heavy atom. The van der Waals surface area contributed by atoms with E-state index in [0.717, 1.165) is 11.3 Å². The van der Waals surface area contributed by atoms with Crippen molar-refractivity contribution in [2.75, 3.05) is 37.9 Å². The molecular weight excluding hydrogens is 312 g/mol. The van der Waals surface area contributed by atoms with Crippen LogP contribution in [0.2, 0.25) is 5.02 Å². The summed E-state index contributed by atoms with van der Waals surface area (Å²) in [5, 5.41) is 18.9. The predicted molar refractivity (Wildman–Crippen MR) is 85.8 cm³/mol. The van der Waals surface area contributed by atoms with Gasteiger partial charge in [-0.25, -0.2) is 0 Å². The average molecular weight is 331 g/mol. The quantitative estimate of drug-likeness (QED) is 0.853. The molecule has 1 saturated heterocycles. The van der Waals surface area contributed by atoms with Crippen LogP contribution in [0.3, 0.4) is 0 Å². The summed E-state index contributed by atoms with van der Waals surface area (Å²) in [7, 11) is 3.87. The van der Waals surface area contributed by atoms with Crippen molar-refractivity contribution in [3.8, 4) is 0 Å². The number of carbonyl (C=O) groups is 1. The number of benzene rings is 1. The Morgan fingerprint density at radius 1 is 1.52 bits per heavy atom. The molecule has 1 unspecified atom stereocenters. The molecule has 1 aromatic rings. The molecule has 21 heavy (non-hydrogen) atoms. The first-order valence-corrected chi connectivity index (χ1v) is 8.03. The fraction of sp³-hybridized carbons (Fsp3) is 0.500.